The van der Waals surface area contributed by atoms with Crippen LogP contribution in [0.5, 0.6) is 0 Å². The van der Waals surface area contributed by atoms with Crippen molar-refractivity contribution >= 4 is 17.3 Å². The van der Waals surface area contributed by atoms with Crippen molar-refractivity contribution in [1.29, 1.82) is 0 Å². The van der Waals surface area contributed by atoms with Gasteiger partial charge in [0.2, 0.25) is 0 Å². The second-order valence-corrected chi connectivity index (χ2v) is 5.81. The van der Waals surface area contributed by atoms with E-state index in [-0.39, 0.29) is 5.97 Å². The molecule has 0 amide bonds. The predicted molar refractivity (Wildman–Crippen MR) is 74.9 cm³/mol. The SMILES string of the molecule is CC(C)(C)OC(=O)c1cscc1-c1ccccc1. The Hall–Kier alpha value is -1.61. The monoisotopic (exact) mass is 260 g/mol. The molecule has 2 rings (SSSR count). The molecule has 0 bridgehead atoms. The van der Waals surface area contributed by atoms with Gasteiger partial charge < -0.3 is 4.74 Å². The minimum absolute atomic E-state index is 0.261. The molecule has 0 unspecified atom stereocenters. The molecule has 2 aromatic rings. The second kappa shape index (κ2) is 4.94. The first-order valence-electron chi connectivity index (χ1n) is 5.82. The van der Waals surface area contributed by atoms with Gasteiger partial charge in [0.15, 0.2) is 0 Å². The van der Waals surface area contributed by atoms with E-state index >= 15 is 0 Å². The predicted octanol–water partition coefficient (Wildman–Crippen LogP) is 4.37. The zero-order chi connectivity index (χ0) is 13.2. The molecule has 0 radical (unpaired) electrons. The van der Waals surface area contributed by atoms with Crippen LogP contribution < -0.4 is 0 Å². The number of esters is 1. The Kier molecular flexibility index (Phi) is 3.53. The van der Waals surface area contributed by atoms with E-state index in [0.717, 1.165) is 11.1 Å². The molecule has 0 aliphatic heterocycles. The normalized spacial score (nSPS) is 11.3. The summed E-state index contributed by atoms with van der Waals surface area (Å²) >= 11 is 1.51. The van der Waals surface area contributed by atoms with E-state index < -0.39 is 5.60 Å². The van der Waals surface area contributed by atoms with E-state index in [1.807, 2.05) is 61.9 Å². The molecule has 94 valence electrons. The molecule has 0 fully saturated rings. The fourth-order valence-electron chi connectivity index (χ4n) is 1.63. The van der Waals surface area contributed by atoms with Crippen molar-refractivity contribution in [2.24, 2.45) is 0 Å². The summed E-state index contributed by atoms with van der Waals surface area (Å²) in [5, 5.41) is 3.82. The van der Waals surface area contributed by atoms with Crippen LogP contribution >= 0.6 is 11.3 Å². The van der Waals surface area contributed by atoms with Gasteiger partial charge in [-0.2, -0.15) is 11.3 Å². The number of carbonyl (C=O) groups excluding carboxylic acids is 1. The molecular formula is C15H16O2S. The number of rotatable bonds is 2. The summed E-state index contributed by atoms with van der Waals surface area (Å²) in [6.07, 6.45) is 0. The van der Waals surface area contributed by atoms with Crippen molar-refractivity contribution in [2.45, 2.75) is 26.4 Å². The van der Waals surface area contributed by atoms with Crippen molar-refractivity contribution in [3.8, 4) is 11.1 Å². The summed E-state index contributed by atoms with van der Waals surface area (Å²) < 4.78 is 5.41. The standard InChI is InChI=1S/C15H16O2S/c1-15(2,3)17-14(16)13-10-18-9-12(13)11-7-5-4-6-8-11/h4-10H,1-3H3. The van der Waals surface area contributed by atoms with Gasteiger partial charge in [0.05, 0.1) is 5.56 Å². The topological polar surface area (TPSA) is 26.3 Å². The van der Waals surface area contributed by atoms with Crippen LogP contribution in [0.4, 0.5) is 0 Å². The third-order valence-corrected chi connectivity index (χ3v) is 3.11. The molecule has 18 heavy (non-hydrogen) atoms. The molecule has 1 aromatic carbocycles. The third kappa shape index (κ3) is 2.99. The van der Waals surface area contributed by atoms with Gasteiger partial charge in [-0.25, -0.2) is 4.79 Å². The zero-order valence-corrected chi connectivity index (χ0v) is 11.6. The summed E-state index contributed by atoms with van der Waals surface area (Å²) in [5.74, 6) is -0.261. The smallest absolute Gasteiger partial charge is 0.340 e. The van der Waals surface area contributed by atoms with E-state index in [4.69, 9.17) is 4.74 Å². The largest absolute Gasteiger partial charge is 0.456 e. The van der Waals surface area contributed by atoms with Crippen LogP contribution in [0.15, 0.2) is 41.1 Å². The molecule has 0 aliphatic rings. The lowest BCUT2D eigenvalue weighted by molar-refractivity contribution is 0.00711. The molecule has 0 spiro atoms. The van der Waals surface area contributed by atoms with E-state index in [1.165, 1.54) is 11.3 Å². The molecule has 3 heteroatoms. The molecule has 2 nitrogen and oxygen atoms in total. The zero-order valence-electron chi connectivity index (χ0n) is 10.8. The minimum Gasteiger partial charge on any atom is -0.456 e. The molecule has 1 aromatic heterocycles. The highest BCUT2D eigenvalue weighted by atomic mass is 32.1. The van der Waals surface area contributed by atoms with Crippen LogP contribution in [0.3, 0.4) is 0 Å². The quantitative estimate of drug-likeness (QED) is 0.749. The highest BCUT2D eigenvalue weighted by molar-refractivity contribution is 7.08. The number of carbonyl (C=O) groups is 1. The fourth-order valence-corrected chi connectivity index (χ4v) is 2.46. The van der Waals surface area contributed by atoms with E-state index in [1.54, 1.807) is 0 Å². The van der Waals surface area contributed by atoms with Crippen molar-refractivity contribution < 1.29 is 9.53 Å². The maximum atomic E-state index is 12.1. The maximum Gasteiger partial charge on any atom is 0.340 e. The van der Waals surface area contributed by atoms with Crippen molar-refractivity contribution in [3.63, 3.8) is 0 Å². The van der Waals surface area contributed by atoms with Crippen LogP contribution in [-0.4, -0.2) is 11.6 Å². The minimum atomic E-state index is -0.465. The molecule has 1 heterocycles. The van der Waals surface area contributed by atoms with Gasteiger partial charge in [0.25, 0.3) is 0 Å². The van der Waals surface area contributed by atoms with Crippen LogP contribution in [0.2, 0.25) is 0 Å². The number of hydrogen-bond acceptors (Lipinski definition) is 3. The van der Waals surface area contributed by atoms with Crippen LogP contribution in [0.1, 0.15) is 31.1 Å². The number of benzene rings is 1. The Bertz CT molecular complexity index is 535. The molecule has 0 atom stereocenters. The molecular weight excluding hydrogens is 244 g/mol. The highest BCUT2D eigenvalue weighted by Gasteiger charge is 2.21. The first-order valence-corrected chi connectivity index (χ1v) is 6.76. The van der Waals surface area contributed by atoms with E-state index in [2.05, 4.69) is 0 Å². The summed E-state index contributed by atoms with van der Waals surface area (Å²) in [5.41, 5.74) is 2.16. The Morgan fingerprint density at radius 3 is 2.39 bits per heavy atom. The Labute approximate surface area is 111 Å². The molecule has 0 saturated heterocycles. The fraction of sp³-hybridized carbons (Fsp3) is 0.267. The van der Waals surface area contributed by atoms with Gasteiger partial charge in [-0.15, -0.1) is 0 Å². The van der Waals surface area contributed by atoms with Crippen molar-refractivity contribution in [2.75, 3.05) is 0 Å². The molecule has 0 aliphatic carbocycles. The first-order chi connectivity index (χ1) is 8.47. The molecule has 0 saturated carbocycles. The average Bonchev–Trinajstić information content (AvgIpc) is 2.76. The number of hydrogen-bond donors (Lipinski definition) is 0. The summed E-state index contributed by atoms with van der Waals surface area (Å²) in [6.45, 7) is 5.62. The second-order valence-electron chi connectivity index (χ2n) is 5.07. The summed E-state index contributed by atoms with van der Waals surface area (Å²) in [4.78, 5) is 12.1. The molecule has 0 N–H and O–H groups in total. The average molecular weight is 260 g/mol. The van der Waals surface area contributed by atoms with Gasteiger partial charge in [-0.05, 0) is 31.7 Å². The van der Waals surface area contributed by atoms with Gasteiger partial charge in [-0.1, -0.05) is 30.3 Å². The lowest BCUT2D eigenvalue weighted by atomic mass is 10.0. The Morgan fingerprint density at radius 2 is 1.78 bits per heavy atom. The van der Waals surface area contributed by atoms with Crippen molar-refractivity contribution in [1.82, 2.24) is 0 Å². The van der Waals surface area contributed by atoms with E-state index in [0.29, 0.717) is 5.56 Å². The first kappa shape index (κ1) is 12.8. The van der Waals surface area contributed by atoms with Crippen LogP contribution in [-0.2, 0) is 4.74 Å². The van der Waals surface area contributed by atoms with E-state index in [9.17, 15) is 4.79 Å². The van der Waals surface area contributed by atoms with Gasteiger partial charge >= 0.3 is 5.97 Å². The maximum absolute atomic E-state index is 12.1. The lowest BCUT2D eigenvalue weighted by Gasteiger charge is -2.19. The lowest BCUT2D eigenvalue weighted by Crippen LogP contribution is -2.23. The number of thiophene rings is 1. The van der Waals surface area contributed by atoms with Gasteiger partial charge in [0.1, 0.15) is 5.60 Å². The van der Waals surface area contributed by atoms with Gasteiger partial charge in [-0.3, -0.25) is 0 Å². The third-order valence-electron chi connectivity index (χ3n) is 2.37. The summed E-state index contributed by atoms with van der Waals surface area (Å²) in [7, 11) is 0. The van der Waals surface area contributed by atoms with Crippen LogP contribution in [0, 0.1) is 0 Å². The number of ether oxygens (including phenoxy) is 1. The Balaban J connectivity index is 2.32. The summed E-state index contributed by atoms with van der Waals surface area (Å²) in [6, 6.07) is 9.88. The Morgan fingerprint density at radius 1 is 1.11 bits per heavy atom. The highest BCUT2D eigenvalue weighted by Crippen LogP contribution is 2.28. The van der Waals surface area contributed by atoms with Gasteiger partial charge in [0, 0.05) is 10.9 Å². The van der Waals surface area contributed by atoms with Crippen LogP contribution in [0.25, 0.3) is 11.1 Å². The van der Waals surface area contributed by atoms with Crippen molar-refractivity contribution in [3.05, 3.63) is 46.7 Å².